The van der Waals surface area contributed by atoms with E-state index < -0.39 is 0 Å². The number of carbonyl (C=O) groups is 1. The Morgan fingerprint density at radius 3 is 2.85 bits per heavy atom. The minimum Gasteiger partial charge on any atom is -0.332 e. The molecule has 2 heterocycles. The number of hydrogen-bond donors (Lipinski definition) is 1. The van der Waals surface area contributed by atoms with Crippen molar-refractivity contribution in [1.29, 1.82) is 0 Å². The topological polar surface area (TPSA) is 42.0 Å². The lowest BCUT2D eigenvalue weighted by molar-refractivity contribution is 0.101. The molecule has 5 heteroatoms. The van der Waals surface area contributed by atoms with Gasteiger partial charge >= 0.3 is 0 Å². The number of benzene rings is 1. The lowest BCUT2D eigenvalue weighted by Gasteiger charge is -2.03. The molecule has 3 aromatic rings. The number of carbonyl (C=O) groups excluding carboxylic acids is 1. The second kappa shape index (κ2) is 5.56. The van der Waals surface area contributed by atoms with Crippen LogP contribution in [0.5, 0.6) is 0 Å². The fourth-order valence-corrected chi connectivity index (χ4v) is 3.30. The van der Waals surface area contributed by atoms with Crippen LogP contribution in [0.2, 0.25) is 0 Å². The average molecular weight is 300 g/mol. The van der Waals surface area contributed by atoms with Gasteiger partial charge in [-0.25, -0.2) is 4.98 Å². The highest BCUT2D eigenvalue weighted by molar-refractivity contribution is 7.16. The fourth-order valence-electron chi connectivity index (χ4n) is 1.81. The van der Waals surface area contributed by atoms with Crippen LogP contribution in [0.3, 0.4) is 0 Å². The van der Waals surface area contributed by atoms with Crippen molar-refractivity contribution in [2.45, 2.75) is 6.92 Å². The summed E-state index contributed by atoms with van der Waals surface area (Å²) in [5, 5.41) is 8.14. The molecule has 0 atom stereocenters. The van der Waals surface area contributed by atoms with E-state index in [0.29, 0.717) is 5.56 Å². The third kappa shape index (κ3) is 2.79. The molecule has 0 aliphatic carbocycles. The van der Waals surface area contributed by atoms with Crippen molar-refractivity contribution >= 4 is 39.3 Å². The van der Waals surface area contributed by atoms with Gasteiger partial charge in [-0.3, -0.25) is 4.79 Å². The molecule has 20 heavy (non-hydrogen) atoms. The van der Waals surface area contributed by atoms with Crippen molar-refractivity contribution in [3.05, 3.63) is 52.7 Å². The molecule has 0 radical (unpaired) electrons. The van der Waals surface area contributed by atoms with Crippen molar-refractivity contribution < 1.29 is 4.79 Å². The van der Waals surface area contributed by atoms with E-state index in [4.69, 9.17) is 0 Å². The Morgan fingerprint density at radius 1 is 1.20 bits per heavy atom. The molecular weight excluding hydrogens is 288 g/mol. The molecule has 3 nitrogen and oxygen atoms in total. The largest absolute Gasteiger partial charge is 0.332 e. The third-order valence-corrected chi connectivity index (χ3v) is 4.45. The van der Waals surface area contributed by atoms with E-state index in [0.717, 1.165) is 21.4 Å². The number of anilines is 2. The molecule has 3 rings (SSSR count). The molecule has 0 amide bonds. The second-order valence-corrected chi connectivity index (χ2v) is 6.08. The van der Waals surface area contributed by atoms with Crippen molar-refractivity contribution in [3.8, 4) is 10.6 Å². The quantitative estimate of drug-likeness (QED) is 0.702. The van der Waals surface area contributed by atoms with Crippen LogP contribution in [0.1, 0.15) is 17.3 Å². The van der Waals surface area contributed by atoms with Gasteiger partial charge in [-0.2, -0.15) is 0 Å². The summed E-state index contributed by atoms with van der Waals surface area (Å²) < 4.78 is 0. The molecule has 0 unspecified atom stereocenters. The van der Waals surface area contributed by atoms with Gasteiger partial charge in [0.2, 0.25) is 0 Å². The zero-order valence-corrected chi connectivity index (χ0v) is 12.4. The number of hydrogen-bond acceptors (Lipinski definition) is 5. The first-order chi connectivity index (χ1) is 9.72. The Bertz CT molecular complexity index is 732. The van der Waals surface area contributed by atoms with Gasteiger partial charge in [-0.15, -0.1) is 22.7 Å². The van der Waals surface area contributed by atoms with E-state index in [-0.39, 0.29) is 5.78 Å². The summed E-state index contributed by atoms with van der Waals surface area (Å²) in [4.78, 5) is 17.1. The van der Waals surface area contributed by atoms with E-state index in [1.54, 1.807) is 29.6 Å². The minimum absolute atomic E-state index is 0.0621. The van der Waals surface area contributed by atoms with E-state index in [1.807, 2.05) is 41.1 Å². The van der Waals surface area contributed by atoms with Crippen LogP contribution in [-0.4, -0.2) is 10.8 Å². The van der Waals surface area contributed by atoms with E-state index >= 15 is 0 Å². The van der Waals surface area contributed by atoms with Gasteiger partial charge in [0.15, 0.2) is 10.9 Å². The lowest BCUT2D eigenvalue weighted by Crippen LogP contribution is -1.95. The van der Waals surface area contributed by atoms with Crippen molar-refractivity contribution in [2.75, 3.05) is 5.32 Å². The predicted molar refractivity (Wildman–Crippen MR) is 85.2 cm³/mol. The van der Waals surface area contributed by atoms with Crippen LogP contribution < -0.4 is 5.32 Å². The Balaban J connectivity index is 1.81. The molecule has 0 saturated carbocycles. The number of thiazole rings is 1. The Kier molecular flexibility index (Phi) is 3.62. The third-order valence-electron chi connectivity index (χ3n) is 2.80. The normalized spacial score (nSPS) is 10.4. The maximum Gasteiger partial charge on any atom is 0.187 e. The molecule has 2 aromatic heterocycles. The highest BCUT2D eigenvalue weighted by Gasteiger charge is 2.06. The number of nitrogens with one attached hydrogen (secondary N) is 1. The molecule has 0 saturated heterocycles. The first-order valence-electron chi connectivity index (χ1n) is 6.10. The highest BCUT2D eigenvalue weighted by atomic mass is 32.1. The number of nitrogens with zero attached hydrogens (tertiary/aromatic N) is 1. The summed E-state index contributed by atoms with van der Waals surface area (Å²) in [5.41, 5.74) is 2.56. The molecule has 100 valence electrons. The number of rotatable bonds is 4. The van der Waals surface area contributed by atoms with E-state index in [9.17, 15) is 4.79 Å². The van der Waals surface area contributed by atoms with E-state index in [1.165, 1.54) is 0 Å². The number of ketones is 1. The summed E-state index contributed by atoms with van der Waals surface area (Å²) in [6, 6.07) is 11.5. The maximum absolute atomic E-state index is 11.4. The fraction of sp³-hybridized carbons (Fsp3) is 0.0667. The molecule has 0 aliphatic rings. The van der Waals surface area contributed by atoms with E-state index in [2.05, 4.69) is 16.4 Å². The predicted octanol–water partition coefficient (Wildman–Crippen LogP) is 4.82. The smallest absolute Gasteiger partial charge is 0.187 e. The summed E-state index contributed by atoms with van der Waals surface area (Å²) in [6.07, 6.45) is 0. The summed E-state index contributed by atoms with van der Waals surface area (Å²) in [5.74, 6) is 0.0621. The first-order valence-corrected chi connectivity index (χ1v) is 7.86. The molecule has 1 N–H and O–H groups in total. The molecule has 1 aromatic carbocycles. The zero-order chi connectivity index (χ0) is 13.9. The zero-order valence-electron chi connectivity index (χ0n) is 10.8. The summed E-state index contributed by atoms with van der Waals surface area (Å²) in [7, 11) is 0. The van der Waals surface area contributed by atoms with Crippen LogP contribution in [0, 0.1) is 0 Å². The van der Waals surface area contributed by atoms with Gasteiger partial charge in [0, 0.05) is 16.6 Å². The first kappa shape index (κ1) is 13.0. The van der Waals surface area contributed by atoms with Gasteiger partial charge in [0.05, 0.1) is 10.6 Å². The van der Waals surface area contributed by atoms with Crippen molar-refractivity contribution in [3.63, 3.8) is 0 Å². The van der Waals surface area contributed by atoms with Crippen LogP contribution >= 0.6 is 22.7 Å². The van der Waals surface area contributed by atoms with Crippen molar-refractivity contribution in [1.82, 2.24) is 4.98 Å². The summed E-state index contributed by atoms with van der Waals surface area (Å²) >= 11 is 3.23. The monoisotopic (exact) mass is 300 g/mol. The lowest BCUT2D eigenvalue weighted by atomic mass is 10.1. The maximum atomic E-state index is 11.4. The van der Waals surface area contributed by atoms with Crippen LogP contribution in [-0.2, 0) is 0 Å². The molecule has 0 bridgehead atoms. The van der Waals surface area contributed by atoms with Crippen LogP contribution in [0.15, 0.2) is 47.2 Å². The minimum atomic E-state index is 0.0621. The molecular formula is C15H12N2OS2. The van der Waals surface area contributed by atoms with Crippen molar-refractivity contribution in [2.24, 2.45) is 0 Å². The SMILES string of the molecule is CC(=O)c1cccc(Nc2nc(-c3cccs3)cs2)c1. The standard InChI is InChI=1S/C15H12N2OS2/c1-10(18)11-4-2-5-12(8-11)16-15-17-13(9-20-15)14-6-3-7-19-14/h2-9H,1H3,(H,16,17). The van der Waals surface area contributed by atoms with Crippen LogP contribution in [0.25, 0.3) is 10.6 Å². The Labute approximate surface area is 124 Å². The van der Waals surface area contributed by atoms with Gasteiger partial charge in [-0.05, 0) is 30.5 Å². The Morgan fingerprint density at radius 2 is 2.10 bits per heavy atom. The molecule has 0 fully saturated rings. The van der Waals surface area contributed by atoms with Gasteiger partial charge in [0.25, 0.3) is 0 Å². The summed E-state index contributed by atoms with van der Waals surface area (Å²) in [6.45, 7) is 1.57. The Hall–Kier alpha value is -1.98. The van der Waals surface area contributed by atoms with Gasteiger partial charge in [-0.1, -0.05) is 18.2 Å². The van der Waals surface area contributed by atoms with Gasteiger partial charge in [0.1, 0.15) is 0 Å². The molecule has 0 aliphatic heterocycles. The van der Waals surface area contributed by atoms with Crippen LogP contribution in [0.4, 0.5) is 10.8 Å². The second-order valence-electron chi connectivity index (χ2n) is 4.28. The number of Topliss-reactive ketones (excluding diaryl/α,β-unsaturated/α-hetero) is 1. The number of aromatic nitrogens is 1. The highest BCUT2D eigenvalue weighted by Crippen LogP contribution is 2.29. The average Bonchev–Trinajstić information content (AvgIpc) is 3.09. The number of thiophene rings is 1. The van der Waals surface area contributed by atoms with Gasteiger partial charge < -0.3 is 5.32 Å². The molecule has 0 spiro atoms.